The van der Waals surface area contributed by atoms with Crippen LogP contribution in [0.5, 0.6) is 0 Å². The number of aromatic nitrogens is 1. The SMILES string of the molecule is Cc1cccn(CC(C)CNC2CC2)c1=O. The largest absolute Gasteiger partial charge is 0.315 e. The van der Waals surface area contributed by atoms with E-state index in [1.165, 1.54) is 12.8 Å². The zero-order valence-electron chi connectivity index (χ0n) is 10.1. The van der Waals surface area contributed by atoms with Crippen LogP contribution in [0, 0.1) is 12.8 Å². The molecule has 1 saturated carbocycles. The molecule has 1 atom stereocenters. The molecule has 0 radical (unpaired) electrons. The minimum Gasteiger partial charge on any atom is -0.315 e. The van der Waals surface area contributed by atoms with E-state index in [4.69, 9.17) is 0 Å². The molecule has 3 heteroatoms. The molecule has 1 N–H and O–H groups in total. The van der Waals surface area contributed by atoms with Crippen LogP contribution in [0.4, 0.5) is 0 Å². The minimum atomic E-state index is 0.140. The van der Waals surface area contributed by atoms with Crippen molar-refractivity contribution >= 4 is 0 Å². The molecule has 1 aromatic heterocycles. The minimum absolute atomic E-state index is 0.140. The fraction of sp³-hybridized carbons (Fsp3) is 0.615. The maximum atomic E-state index is 11.8. The van der Waals surface area contributed by atoms with Crippen molar-refractivity contribution in [3.63, 3.8) is 0 Å². The van der Waals surface area contributed by atoms with Crippen LogP contribution in [-0.4, -0.2) is 17.2 Å². The summed E-state index contributed by atoms with van der Waals surface area (Å²) in [5, 5.41) is 3.50. The molecule has 3 nitrogen and oxygen atoms in total. The second-order valence-corrected chi connectivity index (χ2v) is 4.94. The lowest BCUT2D eigenvalue weighted by atomic mass is 10.1. The highest BCUT2D eigenvalue weighted by Crippen LogP contribution is 2.18. The number of aryl methyl sites for hydroxylation is 1. The number of hydrogen-bond donors (Lipinski definition) is 1. The first kappa shape index (κ1) is 11.4. The summed E-state index contributed by atoms with van der Waals surface area (Å²) < 4.78 is 1.81. The molecule has 0 amide bonds. The van der Waals surface area contributed by atoms with Crippen LogP contribution in [0.25, 0.3) is 0 Å². The van der Waals surface area contributed by atoms with Gasteiger partial charge in [0.05, 0.1) is 0 Å². The third-order valence-corrected chi connectivity index (χ3v) is 3.05. The van der Waals surface area contributed by atoms with Gasteiger partial charge in [-0.05, 0) is 38.3 Å². The summed E-state index contributed by atoms with van der Waals surface area (Å²) in [7, 11) is 0. The van der Waals surface area contributed by atoms with Crippen LogP contribution >= 0.6 is 0 Å². The van der Waals surface area contributed by atoms with Crippen molar-refractivity contribution < 1.29 is 0 Å². The first-order valence-electron chi connectivity index (χ1n) is 6.06. The Morgan fingerprint density at radius 2 is 2.31 bits per heavy atom. The molecule has 0 bridgehead atoms. The van der Waals surface area contributed by atoms with E-state index in [0.717, 1.165) is 24.7 Å². The average Bonchev–Trinajstić information content (AvgIpc) is 3.06. The van der Waals surface area contributed by atoms with Gasteiger partial charge in [-0.2, -0.15) is 0 Å². The fourth-order valence-electron chi connectivity index (χ4n) is 1.86. The van der Waals surface area contributed by atoms with Crippen molar-refractivity contribution in [3.8, 4) is 0 Å². The maximum Gasteiger partial charge on any atom is 0.253 e. The third-order valence-electron chi connectivity index (χ3n) is 3.05. The van der Waals surface area contributed by atoms with Crippen molar-refractivity contribution in [1.82, 2.24) is 9.88 Å². The van der Waals surface area contributed by atoms with Crippen molar-refractivity contribution in [2.45, 2.75) is 39.3 Å². The smallest absolute Gasteiger partial charge is 0.253 e. The van der Waals surface area contributed by atoms with Crippen LogP contribution in [0.15, 0.2) is 23.1 Å². The molecule has 1 unspecified atom stereocenters. The molecule has 0 saturated heterocycles. The number of nitrogens with one attached hydrogen (secondary N) is 1. The monoisotopic (exact) mass is 220 g/mol. The van der Waals surface area contributed by atoms with E-state index in [2.05, 4.69) is 12.2 Å². The van der Waals surface area contributed by atoms with Gasteiger partial charge in [-0.3, -0.25) is 4.79 Å². The maximum absolute atomic E-state index is 11.8. The summed E-state index contributed by atoms with van der Waals surface area (Å²) in [6.07, 6.45) is 4.51. The Balaban J connectivity index is 1.91. The molecular weight excluding hydrogens is 200 g/mol. The summed E-state index contributed by atoms with van der Waals surface area (Å²) in [6.45, 7) is 5.86. The zero-order valence-corrected chi connectivity index (χ0v) is 10.1. The van der Waals surface area contributed by atoms with E-state index in [0.29, 0.717) is 5.92 Å². The molecule has 16 heavy (non-hydrogen) atoms. The number of nitrogens with zero attached hydrogens (tertiary/aromatic N) is 1. The van der Waals surface area contributed by atoms with Crippen LogP contribution in [0.3, 0.4) is 0 Å². The molecule has 1 aliphatic rings. The Morgan fingerprint density at radius 1 is 1.56 bits per heavy atom. The van der Waals surface area contributed by atoms with Gasteiger partial charge in [0.15, 0.2) is 0 Å². The first-order chi connectivity index (χ1) is 7.66. The Kier molecular flexibility index (Phi) is 3.44. The van der Waals surface area contributed by atoms with Gasteiger partial charge in [0.1, 0.15) is 0 Å². The van der Waals surface area contributed by atoms with E-state index in [-0.39, 0.29) is 5.56 Å². The van der Waals surface area contributed by atoms with Gasteiger partial charge in [-0.15, -0.1) is 0 Å². The van der Waals surface area contributed by atoms with Gasteiger partial charge in [-0.25, -0.2) is 0 Å². The first-order valence-corrected chi connectivity index (χ1v) is 6.06. The van der Waals surface area contributed by atoms with E-state index >= 15 is 0 Å². The van der Waals surface area contributed by atoms with Gasteiger partial charge in [0, 0.05) is 24.3 Å². The van der Waals surface area contributed by atoms with Crippen molar-refractivity contribution in [1.29, 1.82) is 0 Å². The molecule has 88 valence electrons. The van der Waals surface area contributed by atoms with Crippen LogP contribution in [-0.2, 0) is 6.54 Å². The third kappa shape index (κ3) is 2.95. The summed E-state index contributed by atoms with van der Waals surface area (Å²) in [4.78, 5) is 11.8. The lowest BCUT2D eigenvalue weighted by Gasteiger charge is -2.14. The molecule has 0 aliphatic heterocycles. The molecule has 1 aliphatic carbocycles. The summed E-state index contributed by atoms with van der Waals surface area (Å²) in [5.41, 5.74) is 0.964. The second-order valence-electron chi connectivity index (χ2n) is 4.94. The topological polar surface area (TPSA) is 34.0 Å². The van der Waals surface area contributed by atoms with Gasteiger partial charge < -0.3 is 9.88 Å². The van der Waals surface area contributed by atoms with Gasteiger partial charge in [0.25, 0.3) is 5.56 Å². The van der Waals surface area contributed by atoms with Crippen LogP contribution < -0.4 is 10.9 Å². The fourth-order valence-corrected chi connectivity index (χ4v) is 1.86. The standard InChI is InChI=1S/C13H20N2O/c1-10(8-14-12-5-6-12)9-15-7-3-4-11(2)13(15)16/h3-4,7,10,12,14H,5-6,8-9H2,1-2H3. The lowest BCUT2D eigenvalue weighted by Crippen LogP contribution is -2.30. The molecule has 1 fully saturated rings. The average molecular weight is 220 g/mol. The lowest BCUT2D eigenvalue weighted by molar-refractivity contribution is 0.437. The highest BCUT2D eigenvalue weighted by Gasteiger charge is 2.20. The second kappa shape index (κ2) is 4.83. The van der Waals surface area contributed by atoms with Crippen LogP contribution in [0.1, 0.15) is 25.3 Å². The van der Waals surface area contributed by atoms with E-state index in [1.54, 1.807) is 0 Å². The highest BCUT2D eigenvalue weighted by atomic mass is 16.1. The van der Waals surface area contributed by atoms with Gasteiger partial charge in [-0.1, -0.05) is 13.0 Å². The number of pyridine rings is 1. The zero-order chi connectivity index (χ0) is 11.5. The summed E-state index contributed by atoms with van der Waals surface area (Å²) in [6, 6.07) is 4.56. The Hall–Kier alpha value is -1.09. The van der Waals surface area contributed by atoms with Crippen molar-refractivity contribution in [2.75, 3.05) is 6.54 Å². The summed E-state index contributed by atoms with van der Waals surface area (Å²) in [5.74, 6) is 0.500. The predicted octanol–water partition coefficient (Wildman–Crippen LogP) is 1.54. The molecule has 0 spiro atoms. The van der Waals surface area contributed by atoms with Crippen molar-refractivity contribution in [2.24, 2.45) is 5.92 Å². The van der Waals surface area contributed by atoms with Gasteiger partial charge in [0.2, 0.25) is 0 Å². The van der Waals surface area contributed by atoms with E-state index < -0.39 is 0 Å². The Morgan fingerprint density at radius 3 is 3.00 bits per heavy atom. The van der Waals surface area contributed by atoms with E-state index in [9.17, 15) is 4.79 Å². The number of rotatable bonds is 5. The van der Waals surface area contributed by atoms with Gasteiger partial charge >= 0.3 is 0 Å². The Labute approximate surface area is 96.5 Å². The van der Waals surface area contributed by atoms with Crippen LogP contribution in [0.2, 0.25) is 0 Å². The molecule has 1 aromatic rings. The van der Waals surface area contributed by atoms with Crippen molar-refractivity contribution in [3.05, 3.63) is 34.2 Å². The molecule has 0 aromatic carbocycles. The highest BCUT2D eigenvalue weighted by molar-refractivity contribution is 5.07. The Bertz CT molecular complexity index is 407. The molecular formula is C13H20N2O. The van der Waals surface area contributed by atoms with E-state index in [1.807, 2.05) is 29.8 Å². The quantitative estimate of drug-likeness (QED) is 0.817. The summed E-state index contributed by atoms with van der Waals surface area (Å²) >= 11 is 0. The number of hydrogen-bond acceptors (Lipinski definition) is 2. The normalized spacial score (nSPS) is 17.4. The molecule has 2 rings (SSSR count). The molecule has 1 heterocycles. The predicted molar refractivity (Wildman–Crippen MR) is 65.6 cm³/mol.